The largest absolute Gasteiger partial charge is 0.339 e. The Labute approximate surface area is 135 Å². The summed E-state index contributed by atoms with van der Waals surface area (Å²) in [4.78, 5) is 27.2. The maximum Gasteiger partial charge on any atom is 0.253 e. The van der Waals surface area contributed by atoms with Crippen molar-refractivity contribution in [3.05, 3.63) is 59.2 Å². The number of fused-ring (bicyclic) bond motifs is 3. The molecule has 1 amide bonds. The summed E-state index contributed by atoms with van der Waals surface area (Å²) in [5, 5.41) is 0. The third-order valence-corrected chi connectivity index (χ3v) is 5.04. The molecule has 0 N–H and O–H groups in total. The van der Waals surface area contributed by atoms with E-state index >= 15 is 0 Å². The molecular weight excluding hydrogens is 286 g/mol. The van der Waals surface area contributed by atoms with Crippen LogP contribution >= 0.6 is 0 Å². The molecule has 0 radical (unpaired) electrons. The Hall–Kier alpha value is -2.42. The Morgan fingerprint density at radius 3 is 2.35 bits per heavy atom. The van der Waals surface area contributed by atoms with Gasteiger partial charge in [0.25, 0.3) is 5.91 Å². The van der Waals surface area contributed by atoms with Crippen molar-refractivity contribution in [2.45, 2.75) is 19.8 Å². The zero-order valence-corrected chi connectivity index (χ0v) is 13.2. The first-order valence-corrected chi connectivity index (χ1v) is 8.22. The van der Waals surface area contributed by atoms with E-state index in [-0.39, 0.29) is 11.7 Å². The van der Waals surface area contributed by atoms with Crippen molar-refractivity contribution in [3.63, 3.8) is 0 Å². The number of benzene rings is 2. The van der Waals surface area contributed by atoms with Crippen LogP contribution in [0.15, 0.2) is 42.5 Å². The van der Waals surface area contributed by atoms with Gasteiger partial charge >= 0.3 is 0 Å². The molecule has 23 heavy (non-hydrogen) atoms. The van der Waals surface area contributed by atoms with Gasteiger partial charge in [0.15, 0.2) is 5.78 Å². The lowest BCUT2D eigenvalue weighted by Crippen LogP contribution is -2.37. The highest BCUT2D eigenvalue weighted by Gasteiger charge is 2.28. The van der Waals surface area contributed by atoms with Gasteiger partial charge in [-0.2, -0.15) is 0 Å². The van der Waals surface area contributed by atoms with Crippen LogP contribution in [0.25, 0.3) is 11.1 Å². The van der Waals surface area contributed by atoms with E-state index in [0.29, 0.717) is 17.0 Å². The van der Waals surface area contributed by atoms with Crippen molar-refractivity contribution < 1.29 is 9.59 Å². The number of likely N-dealkylation sites (tertiary alicyclic amines) is 1. The first-order valence-electron chi connectivity index (χ1n) is 8.22. The summed E-state index contributed by atoms with van der Waals surface area (Å²) in [5.74, 6) is 0.760. The van der Waals surface area contributed by atoms with Gasteiger partial charge in [-0.15, -0.1) is 0 Å². The minimum Gasteiger partial charge on any atom is -0.339 e. The van der Waals surface area contributed by atoms with Crippen molar-refractivity contribution in [3.8, 4) is 11.1 Å². The van der Waals surface area contributed by atoms with Gasteiger partial charge in [-0.3, -0.25) is 9.59 Å². The van der Waals surface area contributed by atoms with E-state index in [0.717, 1.165) is 42.6 Å². The number of nitrogens with zero attached hydrogens (tertiary/aromatic N) is 1. The summed E-state index contributed by atoms with van der Waals surface area (Å²) < 4.78 is 0. The zero-order valence-electron chi connectivity index (χ0n) is 13.2. The maximum atomic E-state index is 12.7. The van der Waals surface area contributed by atoms with E-state index in [1.54, 1.807) is 6.07 Å². The fourth-order valence-electron chi connectivity index (χ4n) is 3.56. The third kappa shape index (κ3) is 2.27. The average Bonchev–Trinajstić information content (AvgIpc) is 2.88. The molecule has 2 aromatic rings. The normalized spacial score (nSPS) is 17.1. The average molecular weight is 305 g/mol. The minimum atomic E-state index is 0.0255. The molecule has 1 fully saturated rings. The molecule has 3 heteroatoms. The van der Waals surface area contributed by atoms with Gasteiger partial charge in [0, 0.05) is 29.8 Å². The predicted molar refractivity (Wildman–Crippen MR) is 89.6 cm³/mol. The van der Waals surface area contributed by atoms with E-state index in [1.165, 1.54) is 0 Å². The Bertz CT molecular complexity index is 801. The molecule has 4 rings (SSSR count). The highest BCUT2D eigenvalue weighted by atomic mass is 16.2. The van der Waals surface area contributed by atoms with Crippen LogP contribution in [-0.4, -0.2) is 29.7 Å². The van der Waals surface area contributed by atoms with Crippen LogP contribution in [-0.2, 0) is 0 Å². The molecule has 1 aliphatic carbocycles. The lowest BCUT2D eigenvalue weighted by Gasteiger charge is -2.30. The smallest absolute Gasteiger partial charge is 0.253 e. The Morgan fingerprint density at radius 1 is 0.957 bits per heavy atom. The van der Waals surface area contributed by atoms with Crippen LogP contribution in [0.4, 0.5) is 0 Å². The van der Waals surface area contributed by atoms with Gasteiger partial charge in [0.2, 0.25) is 0 Å². The van der Waals surface area contributed by atoms with Gasteiger partial charge in [-0.1, -0.05) is 37.3 Å². The lowest BCUT2D eigenvalue weighted by atomic mass is 9.98. The van der Waals surface area contributed by atoms with Crippen LogP contribution in [0.5, 0.6) is 0 Å². The first-order chi connectivity index (χ1) is 11.1. The molecule has 3 nitrogen and oxygen atoms in total. The second-order valence-electron chi connectivity index (χ2n) is 6.61. The molecule has 1 heterocycles. The number of piperidine rings is 1. The van der Waals surface area contributed by atoms with Gasteiger partial charge in [0.05, 0.1) is 0 Å². The highest BCUT2D eigenvalue weighted by molar-refractivity contribution is 6.22. The second kappa shape index (κ2) is 5.34. The number of hydrogen-bond acceptors (Lipinski definition) is 2. The maximum absolute atomic E-state index is 12.7. The minimum absolute atomic E-state index is 0.0255. The van der Waals surface area contributed by atoms with Crippen LogP contribution in [0.1, 0.15) is 46.0 Å². The van der Waals surface area contributed by atoms with Gasteiger partial charge in [0.1, 0.15) is 0 Å². The van der Waals surface area contributed by atoms with Crippen molar-refractivity contribution in [2.24, 2.45) is 5.92 Å². The number of ketones is 1. The van der Waals surface area contributed by atoms with Crippen molar-refractivity contribution in [1.82, 2.24) is 4.90 Å². The van der Waals surface area contributed by atoms with E-state index in [4.69, 9.17) is 0 Å². The number of hydrogen-bond donors (Lipinski definition) is 0. The van der Waals surface area contributed by atoms with E-state index in [9.17, 15) is 9.59 Å². The monoisotopic (exact) mass is 305 g/mol. The molecule has 0 aromatic heterocycles. The number of rotatable bonds is 1. The molecular formula is C20H19NO2. The van der Waals surface area contributed by atoms with Crippen LogP contribution < -0.4 is 0 Å². The highest BCUT2D eigenvalue weighted by Crippen LogP contribution is 2.36. The summed E-state index contributed by atoms with van der Waals surface area (Å²) in [7, 11) is 0. The Morgan fingerprint density at radius 2 is 1.61 bits per heavy atom. The second-order valence-corrected chi connectivity index (χ2v) is 6.61. The fourth-order valence-corrected chi connectivity index (χ4v) is 3.56. The standard InChI is InChI=1S/C20H19NO2/c1-13-8-10-21(11-9-13)20(23)14-6-7-16-15-4-2-3-5-17(15)19(22)18(16)12-14/h2-7,12-13H,8-11H2,1H3. The third-order valence-electron chi connectivity index (χ3n) is 5.04. The molecule has 0 spiro atoms. The number of carbonyl (C=O) groups is 2. The van der Waals surface area contributed by atoms with E-state index in [2.05, 4.69) is 6.92 Å². The molecule has 0 saturated carbocycles. The van der Waals surface area contributed by atoms with Crippen LogP contribution in [0.2, 0.25) is 0 Å². The molecule has 1 aliphatic heterocycles. The Kier molecular flexibility index (Phi) is 3.29. The van der Waals surface area contributed by atoms with E-state index in [1.807, 2.05) is 41.3 Å². The van der Waals surface area contributed by atoms with Crippen LogP contribution in [0, 0.1) is 5.92 Å². The summed E-state index contributed by atoms with van der Waals surface area (Å²) in [6.07, 6.45) is 2.11. The first kappa shape index (κ1) is 14.2. The molecule has 2 aliphatic rings. The van der Waals surface area contributed by atoms with Crippen molar-refractivity contribution in [2.75, 3.05) is 13.1 Å². The van der Waals surface area contributed by atoms with E-state index < -0.39 is 0 Å². The van der Waals surface area contributed by atoms with Gasteiger partial charge < -0.3 is 4.90 Å². The van der Waals surface area contributed by atoms with Crippen molar-refractivity contribution >= 4 is 11.7 Å². The van der Waals surface area contributed by atoms with Gasteiger partial charge in [-0.25, -0.2) is 0 Å². The van der Waals surface area contributed by atoms with Gasteiger partial charge in [-0.05, 0) is 42.0 Å². The molecule has 116 valence electrons. The Balaban J connectivity index is 1.66. The number of amides is 1. The molecule has 1 saturated heterocycles. The summed E-state index contributed by atoms with van der Waals surface area (Å²) >= 11 is 0. The predicted octanol–water partition coefficient (Wildman–Crippen LogP) is 3.77. The summed E-state index contributed by atoms with van der Waals surface area (Å²) in [6.45, 7) is 3.85. The quantitative estimate of drug-likeness (QED) is 0.686. The van der Waals surface area contributed by atoms with Crippen LogP contribution in [0.3, 0.4) is 0 Å². The topological polar surface area (TPSA) is 37.4 Å². The van der Waals surface area contributed by atoms with Crippen molar-refractivity contribution in [1.29, 1.82) is 0 Å². The zero-order chi connectivity index (χ0) is 16.0. The molecule has 2 aromatic carbocycles. The number of carbonyl (C=O) groups excluding carboxylic acids is 2. The molecule has 0 bridgehead atoms. The molecule has 0 unspecified atom stereocenters. The molecule has 0 atom stereocenters. The summed E-state index contributed by atoms with van der Waals surface area (Å²) in [6, 6.07) is 13.2. The SMILES string of the molecule is CC1CCN(C(=O)c2ccc3c(c2)C(=O)c2ccccc2-3)CC1. The summed E-state index contributed by atoms with van der Waals surface area (Å²) in [5.41, 5.74) is 3.92. The lowest BCUT2D eigenvalue weighted by molar-refractivity contribution is 0.0697. The fraction of sp³-hybridized carbons (Fsp3) is 0.300.